The zero-order chi connectivity index (χ0) is 13.9. The van der Waals surface area contributed by atoms with Gasteiger partial charge in [0.25, 0.3) is 0 Å². The van der Waals surface area contributed by atoms with Gasteiger partial charge in [0.1, 0.15) is 0 Å². The van der Waals surface area contributed by atoms with E-state index in [1.807, 2.05) is 0 Å². The normalized spacial score (nSPS) is 13.5. The van der Waals surface area contributed by atoms with Gasteiger partial charge >= 0.3 is 0 Å². The Bertz CT molecular complexity index is 394. The summed E-state index contributed by atoms with van der Waals surface area (Å²) in [5.74, 6) is 0. The Kier molecular flexibility index (Phi) is 4.80. The van der Waals surface area contributed by atoms with E-state index in [1.165, 1.54) is 16.8 Å². The number of aryl methyl sites for hydroxylation is 1. The van der Waals surface area contributed by atoms with Gasteiger partial charge in [0.2, 0.25) is 0 Å². The first-order chi connectivity index (χ1) is 8.27. The number of nitrogens with two attached hydrogens (primary N) is 1. The van der Waals surface area contributed by atoms with Gasteiger partial charge in [-0.1, -0.05) is 13.0 Å². The second-order valence-electron chi connectivity index (χ2n) is 6.02. The standard InChI is InChI=1S/C16H28N2/c1-7-16(4,5)18(6)15-9-8-14(11-13(3)17)12(2)10-15/h8-10,13H,7,11,17H2,1-6H3. The van der Waals surface area contributed by atoms with Crippen LogP contribution in [0.4, 0.5) is 5.69 Å². The van der Waals surface area contributed by atoms with Crippen LogP contribution in [0.2, 0.25) is 0 Å². The fraction of sp³-hybridized carbons (Fsp3) is 0.625. The average Bonchev–Trinajstić information content (AvgIpc) is 2.30. The molecule has 0 aliphatic carbocycles. The van der Waals surface area contributed by atoms with E-state index in [2.05, 4.69) is 64.8 Å². The molecule has 2 nitrogen and oxygen atoms in total. The third-order valence-electron chi connectivity index (χ3n) is 4.03. The molecule has 18 heavy (non-hydrogen) atoms. The number of nitrogens with zero attached hydrogens (tertiary/aromatic N) is 1. The molecule has 0 aliphatic heterocycles. The van der Waals surface area contributed by atoms with E-state index < -0.39 is 0 Å². The summed E-state index contributed by atoms with van der Waals surface area (Å²) < 4.78 is 0. The van der Waals surface area contributed by atoms with Gasteiger partial charge in [-0.3, -0.25) is 0 Å². The Morgan fingerprint density at radius 1 is 1.33 bits per heavy atom. The molecule has 1 unspecified atom stereocenters. The molecule has 0 aliphatic rings. The van der Waals surface area contributed by atoms with Crippen LogP contribution in [0.15, 0.2) is 18.2 Å². The van der Waals surface area contributed by atoms with E-state index in [1.54, 1.807) is 0 Å². The quantitative estimate of drug-likeness (QED) is 0.864. The van der Waals surface area contributed by atoms with Crippen LogP contribution in [-0.4, -0.2) is 18.6 Å². The number of rotatable bonds is 5. The minimum absolute atomic E-state index is 0.190. The van der Waals surface area contributed by atoms with Crippen LogP contribution >= 0.6 is 0 Å². The molecule has 0 spiro atoms. The molecule has 1 aromatic carbocycles. The number of hydrogen-bond donors (Lipinski definition) is 1. The van der Waals surface area contributed by atoms with Crippen molar-refractivity contribution in [2.75, 3.05) is 11.9 Å². The molecule has 2 heteroatoms. The molecular weight excluding hydrogens is 220 g/mol. The largest absolute Gasteiger partial charge is 0.369 e. The summed E-state index contributed by atoms with van der Waals surface area (Å²) in [5.41, 5.74) is 10.0. The van der Waals surface area contributed by atoms with Crippen molar-refractivity contribution >= 4 is 5.69 Å². The van der Waals surface area contributed by atoms with Crippen LogP contribution < -0.4 is 10.6 Å². The Morgan fingerprint density at radius 2 is 1.94 bits per heavy atom. The predicted molar refractivity (Wildman–Crippen MR) is 81.3 cm³/mol. The minimum atomic E-state index is 0.190. The van der Waals surface area contributed by atoms with Gasteiger partial charge in [-0.2, -0.15) is 0 Å². The maximum Gasteiger partial charge on any atom is 0.0370 e. The second kappa shape index (κ2) is 5.75. The lowest BCUT2D eigenvalue weighted by Crippen LogP contribution is -2.40. The Labute approximate surface area is 112 Å². The third kappa shape index (κ3) is 3.49. The topological polar surface area (TPSA) is 29.3 Å². The van der Waals surface area contributed by atoms with Gasteiger partial charge in [0.15, 0.2) is 0 Å². The van der Waals surface area contributed by atoms with Gasteiger partial charge in [-0.05, 0) is 63.8 Å². The molecule has 102 valence electrons. The lowest BCUT2D eigenvalue weighted by atomic mass is 9.97. The molecule has 0 bridgehead atoms. The Balaban J connectivity index is 2.97. The van der Waals surface area contributed by atoms with Gasteiger partial charge in [-0.25, -0.2) is 0 Å². The monoisotopic (exact) mass is 248 g/mol. The Hall–Kier alpha value is -1.02. The second-order valence-corrected chi connectivity index (χ2v) is 6.02. The number of anilines is 1. The van der Waals surface area contributed by atoms with Crippen LogP contribution in [0, 0.1) is 6.92 Å². The molecule has 0 saturated carbocycles. The highest BCUT2D eigenvalue weighted by Gasteiger charge is 2.21. The van der Waals surface area contributed by atoms with Crippen LogP contribution in [0.25, 0.3) is 0 Å². The first-order valence-corrected chi connectivity index (χ1v) is 6.87. The van der Waals surface area contributed by atoms with E-state index in [0.717, 1.165) is 12.8 Å². The molecule has 0 saturated heterocycles. The van der Waals surface area contributed by atoms with Crippen molar-refractivity contribution in [3.8, 4) is 0 Å². The smallest absolute Gasteiger partial charge is 0.0370 e. The Morgan fingerprint density at radius 3 is 2.39 bits per heavy atom. The van der Waals surface area contributed by atoms with Crippen molar-refractivity contribution in [1.29, 1.82) is 0 Å². The maximum absolute atomic E-state index is 5.87. The van der Waals surface area contributed by atoms with Gasteiger partial charge < -0.3 is 10.6 Å². The summed E-state index contributed by atoms with van der Waals surface area (Å²) in [7, 11) is 2.17. The summed E-state index contributed by atoms with van der Waals surface area (Å²) in [6.07, 6.45) is 2.08. The van der Waals surface area contributed by atoms with E-state index >= 15 is 0 Å². The first kappa shape index (κ1) is 15.0. The van der Waals surface area contributed by atoms with Crippen LogP contribution in [-0.2, 0) is 6.42 Å². The molecule has 0 radical (unpaired) electrons. The highest BCUT2D eigenvalue weighted by Crippen LogP contribution is 2.26. The van der Waals surface area contributed by atoms with E-state index in [9.17, 15) is 0 Å². The summed E-state index contributed by atoms with van der Waals surface area (Å²) in [6, 6.07) is 6.92. The van der Waals surface area contributed by atoms with E-state index in [0.29, 0.717) is 0 Å². The van der Waals surface area contributed by atoms with Crippen LogP contribution in [0.5, 0.6) is 0 Å². The van der Waals surface area contributed by atoms with Crippen LogP contribution in [0.1, 0.15) is 45.2 Å². The molecule has 0 amide bonds. The molecule has 0 aromatic heterocycles. The highest BCUT2D eigenvalue weighted by atomic mass is 15.2. The fourth-order valence-electron chi connectivity index (χ4n) is 2.05. The lowest BCUT2D eigenvalue weighted by molar-refractivity contribution is 0.470. The summed E-state index contributed by atoms with van der Waals surface area (Å²) >= 11 is 0. The molecule has 2 N–H and O–H groups in total. The van der Waals surface area contributed by atoms with Crippen molar-refractivity contribution in [3.05, 3.63) is 29.3 Å². The number of hydrogen-bond acceptors (Lipinski definition) is 2. The van der Waals surface area contributed by atoms with Crippen molar-refractivity contribution in [2.45, 2.75) is 59.0 Å². The van der Waals surface area contributed by atoms with Crippen molar-refractivity contribution in [3.63, 3.8) is 0 Å². The summed E-state index contributed by atoms with van der Waals surface area (Å²) in [6.45, 7) is 11.0. The molecule has 1 rings (SSSR count). The van der Waals surface area contributed by atoms with E-state index in [4.69, 9.17) is 5.73 Å². The predicted octanol–water partition coefficient (Wildman–Crippen LogP) is 3.51. The van der Waals surface area contributed by atoms with Gasteiger partial charge in [0.05, 0.1) is 0 Å². The van der Waals surface area contributed by atoms with Crippen molar-refractivity contribution in [1.82, 2.24) is 0 Å². The summed E-state index contributed by atoms with van der Waals surface area (Å²) in [4.78, 5) is 2.36. The van der Waals surface area contributed by atoms with Crippen molar-refractivity contribution < 1.29 is 0 Å². The zero-order valence-electron chi connectivity index (χ0n) is 12.7. The molecule has 0 fully saturated rings. The first-order valence-electron chi connectivity index (χ1n) is 6.87. The van der Waals surface area contributed by atoms with E-state index in [-0.39, 0.29) is 11.6 Å². The molecule has 0 heterocycles. The SMILES string of the molecule is CCC(C)(C)N(C)c1ccc(CC(C)N)c(C)c1. The van der Waals surface area contributed by atoms with Gasteiger partial charge in [-0.15, -0.1) is 0 Å². The van der Waals surface area contributed by atoms with Gasteiger partial charge in [0, 0.05) is 24.3 Å². The highest BCUT2D eigenvalue weighted by molar-refractivity contribution is 5.52. The molecular formula is C16H28N2. The lowest BCUT2D eigenvalue weighted by Gasteiger charge is -2.37. The molecule has 1 aromatic rings. The number of benzene rings is 1. The van der Waals surface area contributed by atoms with Crippen molar-refractivity contribution in [2.24, 2.45) is 5.73 Å². The van der Waals surface area contributed by atoms with Crippen LogP contribution in [0.3, 0.4) is 0 Å². The average molecular weight is 248 g/mol. The molecule has 1 atom stereocenters. The third-order valence-corrected chi connectivity index (χ3v) is 4.03. The minimum Gasteiger partial charge on any atom is -0.369 e. The zero-order valence-corrected chi connectivity index (χ0v) is 12.7. The summed E-state index contributed by atoms with van der Waals surface area (Å²) in [5, 5.41) is 0. The fourth-order valence-corrected chi connectivity index (χ4v) is 2.05. The maximum atomic E-state index is 5.87.